The van der Waals surface area contributed by atoms with Gasteiger partial charge in [-0.05, 0) is 32.3 Å². The molecule has 0 saturated heterocycles. The number of nitrogens with one attached hydrogen (secondary N) is 1. The highest BCUT2D eigenvalue weighted by molar-refractivity contribution is 7.11. The molecule has 7 heteroatoms. The lowest BCUT2D eigenvalue weighted by atomic mass is 10.2. The zero-order chi connectivity index (χ0) is 14.7. The van der Waals surface area contributed by atoms with Crippen molar-refractivity contribution >= 4 is 28.8 Å². The number of carboxylic acid groups (broad SMARTS) is 1. The van der Waals surface area contributed by atoms with Crippen LogP contribution in [0.15, 0.2) is 0 Å². The maximum Gasteiger partial charge on any atom is 0.355 e. The second-order valence-corrected chi connectivity index (χ2v) is 6.81. The van der Waals surface area contributed by atoms with E-state index in [0.29, 0.717) is 0 Å². The predicted octanol–water partition coefficient (Wildman–Crippen LogP) is 2.56. The van der Waals surface area contributed by atoms with E-state index < -0.39 is 5.97 Å². The number of hydrogen-bond acceptors (Lipinski definition) is 6. The van der Waals surface area contributed by atoms with Gasteiger partial charge in [0.15, 0.2) is 5.69 Å². The van der Waals surface area contributed by atoms with E-state index in [1.165, 1.54) is 33.3 Å². The third-order valence-electron chi connectivity index (χ3n) is 3.04. The number of carboxylic acids is 1. The van der Waals surface area contributed by atoms with Crippen molar-refractivity contribution in [1.29, 1.82) is 0 Å². The topological polar surface area (TPSA) is 75.1 Å². The quantitative estimate of drug-likeness (QED) is 0.802. The average molecular weight is 311 g/mol. The molecular formula is C13H17N3O2S2. The molecule has 0 aliphatic heterocycles. The average Bonchev–Trinajstić information content (AvgIpc) is 2.90. The van der Waals surface area contributed by atoms with Crippen molar-refractivity contribution < 1.29 is 9.90 Å². The molecule has 0 atom stereocenters. The molecule has 0 unspecified atom stereocenters. The Kier molecular flexibility index (Phi) is 4.85. The Morgan fingerprint density at radius 1 is 1.30 bits per heavy atom. The zero-order valence-corrected chi connectivity index (χ0v) is 13.3. The Morgan fingerprint density at radius 2 is 2.05 bits per heavy atom. The lowest BCUT2D eigenvalue weighted by molar-refractivity contribution is 0.0690. The smallest absolute Gasteiger partial charge is 0.355 e. The maximum absolute atomic E-state index is 10.9. The highest BCUT2D eigenvalue weighted by Gasteiger charge is 2.13. The van der Waals surface area contributed by atoms with Crippen molar-refractivity contribution in [2.75, 3.05) is 6.54 Å². The number of aromatic carboxylic acids is 1. The van der Waals surface area contributed by atoms with E-state index in [1.807, 2.05) is 6.92 Å². The summed E-state index contributed by atoms with van der Waals surface area (Å²) in [6.45, 7) is 7.46. The first-order valence-electron chi connectivity index (χ1n) is 6.31. The first kappa shape index (κ1) is 15.1. The van der Waals surface area contributed by atoms with E-state index in [9.17, 15) is 4.79 Å². The lowest BCUT2D eigenvalue weighted by Crippen LogP contribution is -2.17. The van der Waals surface area contributed by atoms with Crippen molar-refractivity contribution in [2.45, 2.75) is 33.7 Å². The number of rotatable bonds is 6. The van der Waals surface area contributed by atoms with Crippen LogP contribution in [0.1, 0.15) is 36.5 Å². The number of aromatic nitrogens is 2. The monoisotopic (exact) mass is 311 g/mol. The summed E-state index contributed by atoms with van der Waals surface area (Å²) in [7, 11) is 0. The van der Waals surface area contributed by atoms with Crippen LogP contribution in [0.3, 0.4) is 0 Å². The molecule has 0 saturated carbocycles. The Hall–Kier alpha value is -1.31. The van der Waals surface area contributed by atoms with Gasteiger partial charge in [-0.3, -0.25) is 0 Å². The molecule has 0 aromatic carbocycles. The Morgan fingerprint density at radius 3 is 2.60 bits per heavy atom. The van der Waals surface area contributed by atoms with Crippen LogP contribution in [0.5, 0.6) is 0 Å². The normalized spacial score (nSPS) is 10.9. The van der Waals surface area contributed by atoms with Crippen molar-refractivity contribution in [3.05, 3.63) is 31.7 Å². The third kappa shape index (κ3) is 3.41. The SMILES string of the molecule is Cc1nsc(C)c1CNCCc1nc(C(=O)O)c(C)s1. The summed E-state index contributed by atoms with van der Waals surface area (Å²) in [6.07, 6.45) is 0.744. The van der Waals surface area contributed by atoms with Gasteiger partial charge in [0.2, 0.25) is 0 Å². The van der Waals surface area contributed by atoms with Gasteiger partial charge in [-0.15, -0.1) is 11.3 Å². The number of nitrogens with zero attached hydrogens (tertiary/aromatic N) is 2. The largest absolute Gasteiger partial charge is 0.476 e. The zero-order valence-electron chi connectivity index (χ0n) is 11.7. The fourth-order valence-corrected chi connectivity index (χ4v) is 3.56. The molecule has 20 heavy (non-hydrogen) atoms. The second-order valence-electron chi connectivity index (χ2n) is 4.55. The fraction of sp³-hybridized carbons (Fsp3) is 0.462. The third-order valence-corrected chi connectivity index (χ3v) is 4.96. The Labute approximate surface area is 125 Å². The van der Waals surface area contributed by atoms with E-state index in [4.69, 9.17) is 5.11 Å². The standard InChI is InChI=1S/C13H17N3O2S2/c1-7-10(8(2)20-16-7)6-14-5-4-11-15-12(13(17)18)9(3)19-11/h14H,4-6H2,1-3H3,(H,17,18). The molecular weight excluding hydrogens is 294 g/mol. The van der Waals surface area contributed by atoms with Crippen LogP contribution < -0.4 is 5.32 Å². The van der Waals surface area contributed by atoms with E-state index in [0.717, 1.165) is 35.1 Å². The highest BCUT2D eigenvalue weighted by atomic mass is 32.1. The van der Waals surface area contributed by atoms with Gasteiger partial charge in [0.05, 0.1) is 10.7 Å². The molecule has 0 amide bonds. The number of hydrogen-bond donors (Lipinski definition) is 2. The molecule has 108 valence electrons. The van der Waals surface area contributed by atoms with E-state index in [2.05, 4.69) is 21.6 Å². The second kappa shape index (κ2) is 6.43. The molecule has 5 nitrogen and oxygen atoms in total. The van der Waals surface area contributed by atoms with Gasteiger partial charge in [-0.25, -0.2) is 9.78 Å². The minimum atomic E-state index is -0.950. The van der Waals surface area contributed by atoms with Gasteiger partial charge in [0.25, 0.3) is 0 Å². The molecule has 2 aromatic rings. The van der Waals surface area contributed by atoms with Gasteiger partial charge in [0, 0.05) is 34.8 Å². The van der Waals surface area contributed by atoms with Gasteiger partial charge >= 0.3 is 5.97 Å². The molecule has 2 rings (SSSR count). The minimum absolute atomic E-state index is 0.179. The Balaban J connectivity index is 1.85. The predicted molar refractivity (Wildman–Crippen MR) is 80.8 cm³/mol. The van der Waals surface area contributed by atoms with E-state index in [-0.39, 0.29) is 5.69 Å². The first-order chi connectivity index (χ1) is 9.49. The summed E-state index contributed by atoms with van der Waals surface area (Å²) in [5, 5.41) is 13.2. The molecule has 2 aromatic heterocycles. The van der Waals surface area contributed by atoms with Crippen LogP contribution in [0.4, 0.5) is 0 Å². The van der Waals surface area contributed by atoms with Crippen LogP contribution in [0.25, 0.3) is 0 Å². The number of thiazole rings is 1. The van der Waals surface area contributed by atoms with Crippen molar-refractivity contribution in [3.63, 3.8) is 0 Å². The van der Waals surface area contributed by atoms with Gasteiger partial charge in [-0.2, -0.15) is 4.37 Å². The summed E-state index contributed by atoms with van der Waals surface area (Å²) >= 11 is 2.98. The minimum Gasteiger partial charge on any atom is -0.476 e. The van der Waals surface area contributed by atoms with Crippen molar-refractivity contribution in [1.82, 2.24) is 14.7 Å². The molecule has 0 aliphatic rings. The number of carbonyl (C=O) groups is 1. The molecule has 0 radical (unpaired) electrons. The molecule has 0 fully saturated rings. The van der Waals surface area contributed by atoms with Crippen LogP contribution in [0, 0.1) is 20.8 Å². The fourth-order valence-electron chi connectivity index (χ4n) is 1.92. The van der Waals surface area contributed by atoms with Gasteiger partial charge < -0.3 is 10.4 Å². The summed E-state index contributed by atoms with van der Waals surface area (Å²) in [5.74, 6) is -0.950. The molecule has 0 aliphatic carbocycles. The summed E-state index contributed by atoms with van der Waals surface area (Å²) in [6, 6.07) is 0. The van der Waals surface area contributed by atoms with Crippen LogP contribution in [0.2, 0.25) is 0 Å². The highest BCUT2D eigenvalue weighted by Crippen LogP contribution is 2.18. The summed E-state index contributed by atoms with van der Waals surface area (Å²) in [5.41, 5.74) is 2.52. The molecule has 2 N–H and O–H groups in total. The first-order valence-corrected chi connectivity index (χ1v) is 7.90. The van der Waals surface area contributed by atoms with Gasteiger partial charge in [0.1, 0.15) is 0 Å². The molecule has 0 bridgehead atoms. The van der Waals surface area contributed by atoms with Crippen molar-refractivity contribution in [2.24, 2.45) is 0 Å². The van der Waals surface area contributed by atoms with E-state index in [1.54, 1.807) is 6.92 Å². The van der Waals surface area contributed by atoms with Gasteiger partial charge in [-0.1, -0.05) is 0 Å². The summed E-state index contributed by atoms with van der Waals surface area (Å²) in [4.78, 5) is 17.1. The van der Waals surface area contributed by atoms with Crippen LogP contribution in [-0.2, 0) is 13.0 Å². The lowest BCUT2D eigenvalue weighted by Gasteiger charge is -2.03. The van der Waals surface area contributed by atoms with Crippen LogP contribution >= 0.6 is 22.9 Å². The van der Waals surface area contributed by atoms with Crippen molar-refractivity contribution in [3.8, 4) is 0 Å². The van der Waals surface area contributed by atoms with E-state index >= 15 is 0 Å². The maximum atomic E-state index is 10.9. The Bertz CT molecular complexity index is 600. The van der Waals surface area contributed by atoms with Crippen LogP contribution in [-0.4, -0.2) is 27.0 Å². The summed E-state index contributed by atoms with van der Waals surface area (Å²) < 4.78 is 4.31. The molecule has 2 heterocycles. The number of aryl methyl sites for hydroxylation is 3. The molecule has 0 spiro atoms.